The maximum Gasteiger partial charge on any atom is 0.200 e. The van der Waals surface area contributed by atoms with E-state index in [9.17, 15) is 8.78 Å². The van der Waals surface area contributed by atoms with Gasteiger partial charge in [-0.3, -0.25) is 9.97 Å². The number of aromatic amines is 2. The van der Waals surface area contributed by atoms with Gasteiger partial charge in [0, 0.05) is 119 Å². The average Bonchev–Trinajstić information content (AvgIpc) is 4.39. The van der Waals surface area contributed by atoms with Crippen molar-refractivity contribution >= 4 is 11.0 Å². The molecule has 6 aliphatic rings. The fourth-order valence-electron chi connectivity index (χ4n) is 12.7. The Bertz CT molecular complexity index is 3640. The van der Waals surface area contributed by atoms with E-state index in [1.165, 1.54) is 35.8 Å². The molecule has 6 aliphatic heterocycles. The lowest BCUT2D eigenvalue weighted by atomic mass is 9.82. The van der Waals surface area contributed by atoms with Crippen LogP contribution in [0.2, 0.25) is 0 Å². The van der Waals surface area contributed by atoms with Crippen LogP contribution in [0.15, 0.2) is 12.1 Å². The number of likely N-dealkylation sites (tertiary alicyclic amines) is 3. The first-order valence-corrected chi connectivity index (χ1v) is 24.0. The van der Waals surface area contributed by atoms with E-state index in [1.54, 1.807) is 0 Å². The quantitative estimate of drug-likeness (QED) is 0.105. The number of hydrogen-bond donors (Lipinski definition) is 2. The summed E-state index contributed by atoms with van der Waals surface area (Å²) in [6.07, 6.45) is 0. The first-order chi connectivity index (χ1) is 37.8. The summed E-state index contributed by atoms with van der Waals surface area (Å²) in [4.78, 5) is 18.7. The van der Waals surface area contributed by atoms with Crippen LogP contribution < -0.4 is 0 Å². The highest BCUT2D eigenvalue weighted by Crippen LogP contribution is 2.58. The molecule has 0 spiro atoms. The van der Waals surface area contributed by atoms with E-state index < -0.39 is 242 Å². The number of aromatic nitrogens is 4. The van der Waals surface area contributed by atoms with E-state index in [2.05, 4.69) is 19.9 Å². The van der Waals surface area contributed by atoms with Crippen molar-refractivity contribution in [1.82, 2.24) is 34.6 Å². The standard InChI is InChI=1S/C53H31F20N7/c1-78-6-12-14(8-78)50-26(24-32(58)40(66)46(72)41(67)33(24)59)52-16-10-80(3)11-17(16)53(77-52)27(25-34(60)42(68)47(73)43(69)35(25)61)51-15-9-79(2)7-13(15)49(76-51)21(23-30(56)38(64)45(71)39(65)31(23)57)19-5-4-18(74-19)20(48(12)75-50)22-28(54)36(62)44(70)37(63)29(22)55/h4-5,12-17,74,77H,6-11H2,1-3H3/t12-,13-,14+,15+,16-,17+/m1/s1. The second-order valence-corrected chi connectivity index (χ2v) is 20.6. The molecule has 8 heterocycles. The number of benzene rings is 4. The molecule has 2 N–H and O–H groups in total. The summed E-state index contributed by atoms with van der Waals surface area (Å²) in [6, 6.07) is 1.54. The van der Waals surface area contributed by atoms with Crippen molar-refractivity contribution in [3.05, 3.63) is 163 Å². The Balaban J connectivity index is 1.42. The molecule has 6 atom stereocenters. The predicted octanol–water partition coefficient (Wildman–Crippen LogP) is 12.9. The summed E-state index contributed by atoms with van der Waals surface area (Å²) in [5.74, 6) is -60.1. The molecule has 27 heteroatoms. The Hall–Kier alpha value is -7.26. The summed E-state index contributed by atoms with van der Waals surface area (Å²) in [6.45, 7) is -2.08. The van der Waals surface area contributed by atoms with Crippen molar-refractivity contribution in [2.24, 2.45) is 0 Å². The van der Waals surface area contributed by atoms with E-state index in [1.807, 2.05) is 0 Å². The minimum atomic E-state index is -2.68. The summed E-state index contributed by atoms with van der Waals surface area (Å²) in [7, 11) is 4.21. The molecule has 4 aromatic carbocycles. The van der Waals surface area contributed by atoms with Gasteiger partial charge in [0.25, 0.3) is 0 Å². The van der Waals surface area contributed by atoms with Crippen molar-refractivity contribution in [1.29, 1.82) is 0 Å². The maximum atomic E-state index is 16.8. The summed E-state index contributed by atoms with van der Waals surface area (Å²) < 4.78 is 319. The average molecular weight is 1150 g/mol. The summed E-state index contributed by atoms with van der Waals surface area (Å²) >= 11 is 0. The molecule has 0 saturated carbocycles. The number of nitrogens with zero attached hydrogens (tertiary/aromatic N) is 5. The topological polar surface area (TPSA) is 67.1 Å². The zero-order chi connectivity index (χ0) is 57.5. The molecule has 7 nitrogen and oxygen atoms in total. The van der Waals surface area contributed by atoms with Gasteiger partial charge in [-0.05, 0) is 33.3 Å². The zero-order valence-corrected chi connectivity index (χ0v) is 40.7. The number of nitrogens with one attached hydrogen (secondary N) is 2. The van der Waals surface area contributed by atoms with Crippen LogP contribution in [0.4, 0.5) is 87.8 Å². The lowest BCUT2D eigenvalue weighted by Crippen LogP contribution is -2.17. The maximum absolute atomic E-state index is 16.8. The van der Waals surface area contributed by atoms with E-state index >= 15 is 79.0 Å². The molecule has 0 amide bonds. The minimum absolute atomic E-state index is 0.332. The first-order valence-electron chi connectivity index (χ1n) is 24.0. The molecule has 0 aliphatic carbocycles. The number of halogens is 20. The molecule has 8 bridgehead atoms. The van der Waals surface area contributed by atoms with Crippen molar-refractivity contribution in [3.8, 4) is 44.5 Å². The van der Waals surface area contributed by atoms with Crippen LogP contribution in [0.3, 0.4) is 0 Å². The highest BCUT2D eigenvalue weighted by Gasteiger charge is 2.51. The number of H-pyrrole nitrogens is 2. The molecule has 80 heavy (non-hydrogen) atoms. The number of rotatable bonds is 4. The third-order valence-corrected chi connectivity index (χ3v) is 16.0. The number of likely N-dealkylation sites (N-methyl/N-ethyl adjacent to an activating group) is 3. The molecule has 2 aromatic heterocycles. The van der Waals surface area contributed by atoms with Gasteiger partial charge in [0.1, 0.15) is 0 Å². The van der Waals surface area contributed by atoms with E-state index in [-0.39, 0.29) is 39.3 Å². The second kappa shape index (κ2) is 18.4. The van der Waals surface area contributed by atoms with Crippen LogP contribution in [0.1, 0.15) is 69.7 Å². The van der Waals surface area contributed by atoms with E-state index in [4.69, 9.17) is 0 Å². The van der Waals surface area contributed by atoms with Crippen LogP contribution in [-0.4, -0.2) is 95.0 Å². The van der Waals surface area contributed by atoms with E-state index in [0.717, 1.165) is 12.1 Å². The SMILES string of the molecule is CN1C[C@@H]2c3nc(c(-c4c(F)c(F)c(F)c(F)c4F)c4ccc([nH]4)c(-c4c(F)c(F)c(F)c(F)c4F)c4nc(c(-c5c(F)c(F)c(F)c(F)c5F)c5[nH]c(c3-c3c(F)c(F)c(F)c(F)c3F)[C@H]3CN(C)C[C@@H]53)[C@H]3CN(C)C[C@@H]43)[C@@H]2C1. The van der Waals surface area contributed by atoms with Gasteiger partial charge in [0.2, 0.25) is 23.3 Å². The van der Waals surface area contributed by atoms with Crippen LogP contribution in [0, 0.1) is 116 Å². The number of hydrogen-bond acceptors (Lipinski definition) is 5. The van der Waals surface area contributed by atoms with Gasteiger partial charge in [0.15, 0.2) is 93.1 Å². The second-order valence-electron chi connectivity index (χ2n) is 20.6. The zero-order valence-electron chi connectivity index (χ0n) is 40.7. The molecule has 0 radical (unpaired) electrons. The molecule has 3 fully saturated rings. The number of fused-ring (bicyclic) bond motifs is 17. The van der Waals surface area contributed by atoms with Gasteiger partial charge in [-0.2, -0.15) is 0 Å². The van der Waals surface area contributed by atoms with Gasteiger partial charge >= 0.3 is 0 Å². The van der Waals surface area contributed by atoms with Crippen molar-refractivity contribution in [2.75, 3.05) is 60.4 Å². The van der Waals surface area contributed by atoms with Crippen molar-refractivity contribution in [2.45, 2.75) is 35.5 Å². The Morgan fingerprint density at radius 1 is 0.275 bits per heavy atom. The smallest absolute Gasteiger partial charge is 0.200 e. The van der Waals surface area contributed by atoms with Crippen LogP contribution >= 0.6 is 0 Å². The Morgan fingerprint density at radius 3 is 0.725 bits per heavy atom. The van der Waals surface area contributed by atoms with Gasteiger partial charge in [-0.25, -0.2) is 87.8 Å². The Kier molecular flexibility index (Phi) is 12.3. The molecule has 0 unspecified atom stereocenters. The van der Waals surface area contributed by atoms with Crippen molar-refractivity contribution in [3.63, 3.8) is 0 Å². The van der Waals surface area contributed by atoms with Crippen LogP contribution in [-0.2, 0) is 0 Å². The van der Waals surface area contributed by atoms with E-state index in [0.29, 0.717) is 0 Å². The third-order valence-electron chi connectivity index (χ3n) is 16.0. The van der Waals surface area contributed by atoms with Gasteiger partial charge < -0.3 is 24.7 Å². The third kappa shape index (κ3) is 7.26. The fourth-order valence-corrected chi connectivity index (χ4v) is 12.7. The van der Waals surface area contributed by atoms with Crippen molar-refractivity contribution < 1.29 is 87.8 Å². The van der Waals surface area contributed by atoms with Gasteiger partial charge in [-0.15, -0.1) is 0 Å². The molecule has 418 valence electrons. The van der Waals surface area contributed by atoms with Crippen LogP contribution in [0.25, 0.3) is 55.5 Å². The summed E-state index contributed by atoms with van der Waals surface area (Å²) in [5, 5.41) is 0. The summed E-state index contributed by atoms with van der Waals surface area (Å²) in [5.41, 5.74) is -17.1. The Morgan fingerprint density at radius 2 is 0.475 bits per heavy atom. The van der Waals surface area contributed by atoms with Gasteiger partial charge in [-0.1, -0.05) is 0 Å². The molecular weight excluding hydrogens is 1110 g/mol. The van der Waals surface area contributed by atoms with Gasteiger partial charge in [0.05, 0.1) is 45.0 Å². The highest BCUT2D eigenvalue weighted by atomic mass is 19.2. The lowest BCUT2D eigenvalue weighted by molar-refractivity contribution is 0.380. The first kappa shape index (κ1) is 53.4. The normalized spacial score (nSPS) is 21.5. The lowest BCUT2D eigenvalue weighted by Gasteiger charge is -2.19. The monoisotopic (exact) mass is 1150 g/mol. The molecular formula is C53H31F20N7. The highest BCUT2D eigenvalue weighted by molar-refractivity contribution is 5.91. The minimum Gasteiger partial charge on any atom is -0.361 e. The molecule has 6 aromatic rings. The molecule has 3 saturated heterocycles. The van der Waals surface area contributed by atoms with Crippen LogP contribution in [0.5, 0.6) is 0 Å². The Labute approximate surface area is 435 Å². The molecule has 12 rings (SSSR count). The largest absolute Gasteiger partial charge is 0.361 e. The fraction of sp³-hybridized carbons (Fsp3) is 0.283. The predicted molar refractivity (Wildman–Crippen MR) is 242 cm³/mol.